The Kier molecular flexibility index (Phi) is 5.50. The van der Waals surface area contributed by atoms with Crippen molar-refractivity contribution in [3.8, 4) is 11.8 Å². The molecule has 0 aliphatic carbocycles. The lowest BCUT2D eigenvalue weighted by Crippen LogP contribution is -2.36. The lowest BCUT2D eigenvalue weighted by Gasteiger charge is -2.22. The van der Waals surface area contributed by atoms with Gasteiger partial charge in [0.1, 0.15) is 11.7 Å². The summed E-state index contributed by atoms with van der Waals surface area (Å²) in [4.78, 5) is 9.87. The predicted molar refractivity (Wildman–Crippen MR) is 157 cm³/mol. The number of aromatic nitrogens is 1. The Bertz CT molecular complexity index is 1890. The summed E-state index contributed by atoms with van der Waals surface area (Å²) in [6, 6.07) is 45.3. The first-order valence-corrected chi connectivity index (χ1v) is 12.9. The molecule has 0 fully saturated rings. The van der Waals surface area contributed by atoms with Crippen molar-refractivity contribution < 1.29 is 0 Å². The van der Waals surface area contributed by atoms with Crippen molar-refractivity contribution in [3.63, 3.8) is 0 Å². The zero-order valence-corrected chi connectivity index (χ0v) is 21.0. The summed E-state index contributed by atoms with van der Waals surface area (Å²) in [5.41, 5.74) is 6.85. The fourth-order valence-electron chi connectivity index (χ4n) is 5.23. The van der Waals surface area contributed by atoms with Crippen molar-refractivity contribution in [2.24, 2.45) is 9.98 Å². The number of amidine groups is 2. The minimum absolute atomic E-state index is 0.457. The van der Waals surface area contributed by atoms with Crippen LogP contribution in [0.15, 0.2) is 137 Å². The highest BCUT2D eigenvalue weighted by Gasteiger charge is 2.21. The summed E-state index contributed by atoms with van der Waals surface area (Å²) in [6.45, 7) is 0. The maximum Gasteiger partial charge on any atom is 0.169 e. The second kappa shape index (κ2) is 9.44. The molecule has 1 aromatic heterocycles. The van der Waals surface area contributed by atoms with Crippen LogP contribution in [0.3, 0.4) is 0 Å². The van der Waals surface area contributed by atoms with Crippen LogP contribution >= 0.6 is 0 Å². The molecule has 5 aromatic carbocycles. The number of nitrogens with one attached hydrogen (secondary N) is 1. The third kappa shape index (κ3) is 4.05. The van der Waals surface area contributed by atoms with E-state index in [0.29, 0.717) is 5.56 Å². The molecule has 0 radical (unpaired) electrons. The lowest BCUT2D eigenvalue weighted by molar-refractivity contribution is 0.755. The van der Waals surface area contributed by atoms with Crippen LogP contribution in [-0.4, -0.2) is 16.2 Å². The van der Waals surface area contributed by atoms with Gasteiger partial charge in [-0.1, -0.05) is 78.9 Å². The van der Waals surface area contributed by atoms with E-state index in [2.05, 4.69) is 88.7 Å². The maximum absolute atomic E-state index is 9.42. The summed E-state index contributed by atoms with van der Waals surface area (Å²) >= 11 is 0. The molecule has 6 aromatic rings. The highest BCUT2D eigenvalue weighted by Crippen LogP contribution is 2.32. The molecule has 0 saturated carbocycles. The number of benzene rings is 5. The van der Waals surface area contributed by atoms with E-state index in [1.807, 2.05) is 48.5 Å². The molecule has 1 atom stereocenters. The second-order valence-corrected chi connectivity index (χ2v) is 9.47. The van der Waals surface area contributed by atoms with Crippen LogP contribution in [0.1, 0.15) is 28.4 Å². The topological polar surface area (TPSA) is 65.5 Å². The van der Waals surface area contributed by atoms with E-state index in [1.54, 1.807) is 6.07 Å². The van der Waals surface area contributed by atoms with Crippen molar-refractivity contribution in [3.05, 3.63) is 150 Å². The fourth-order valence-corrected chi connectivity index (χ4v) is 5.23. The van der Waals surface area contributed by atoms with Gasteiger partial charge in [-0.2, -0.15) is 5.26 Å². The Hall–Kier alpha value is -5.47. The molecule has 2 heterocycles. The molecule has 7 rings (SSSR count). The molecule has 184 valence electrons. The second-order valence-electron chi connectivity index (χ2n) is 9.47. The van der Waals surface area contributed by atoms with Gasteiger partial charge in [-0.25, -0.2) is 9.98 Å². The first kappa shape index (κ1) is 22.7. The molecule has 0 amide bonds. The Morgan fingerprint density at radius 3 is 1.85 bits per heavy atom. The Balaban J connectivity index is 1.31. The Morgan fingerprint density at radius 2 is 1.21 bits per heavy atom. The van der Waals surface area contributed by atoms with Gasteiger partial charge >= 0.3 is 0 Å². The molecule has 1 aliphatic heterocycles. The predicted octanol–water partition coefficient (Wildman–Crippen LogP) is 7.15. The summed E-state index contributed by atoms with van der Waals surface area (Å²) in [6.07, 6.45) is -0.457. The molecular formula is C34H23N5. The first-order valence-electron chi connectivity index (χ1n) is 12.9. The molecule has 0 spiro atoms. The molecule has 0 saturated heterocycles. The average molecular weight is 502 g/mol. The standard InChI is InChI=1S/C34H23N5/c35-22-23-9-8-12-26(21-23)34-37-32(24-10-2-1-3-11-24)36-33(38-34)25-17-19-27(20-18-25)39-30-15-6-4-13-28(30)29-14-5-7-16-31(29)39/h1-21,34H,(H,36,37,38). The van der Waals surface area contributed by atoms with Gasteiger partial charge in [0, 0.05) is 27.6 Å². The van der Waals surface area contributed by atoms with Crippen molar-refractivity contribution in [1.29, 1.82) is 5.26 Å². The molecular weight excluding hydrogens is 478 g/mol. The summed E-state index contributed by atoms with van der Waals surface area (Å²) in [7, 11) is 0. The molecule has 39 heavy (non-hydrogen) atoms. The van der Waals surface area contributed by atoms with E-state index >= 15 is 0 Å². The minimum Gasteiger partial charge on any atom is -0.324 e. The third-order valence-electron chi connectivity index (χ3n) is 7.08. The van der Waals surface area contributed by atoms with E-state index in [4.69, 9.17) is 9.98 Å². The number of para-hydroxylation sites is 2. The SMILES string of the molecule is N#Cc1cccc(C2N=C(c3ccccc3)NC(c3ccc(-n4c5ccccc5c5ccccc54)cc3)=N2)c1. The van der Waals surface area contributed by atoms with Crippen LogP contribution in [0, 0.1) is 11.3 Å². The van der Waals surface area contributed by atoms with Gasteiger partial charge in [0.25, 0.3) is 0 Å². The van der Waals surface area contributed by atoms with Crippen LogP contribution in [0.5, 0.6) is 0 Å². The van der Waals surface area contributed by atoms with Crippen LogP contribution in [0.25, 0.3) is 27.5 Å². The van der Waals surface area contributed by atoms with E-state index in [9.17, 15) is 5.26 Å². The molecule has 5 heteroatoms. The number of nitriles is 1. The van der Waals surface area contributed by atoms with E-state index in [-0.39, 0.29) is 0 Å². The monoisotopic (exact) mass is 501 g/mol. The minimum atomic E-state index is -0.457. The highest BCUT2D eigenvalue weighted by atomic mass is 15.2. The zero-order chi connectivity index (χ0) is 26.2. The van der Waals surface area contributed by atoms with Crippen molar-refractivity contribution >= 4 is 33.5 Å². The van der Waals surface area contributed by atoms with Gasteiger partial charge in [0.15, 0.2) is 6.17 Å². The van der Waals surface area contributed by atoms with E-state index in [1.165, 1.54) is 21.8 Å². The largest absolute Gasteiger partial charge is 0.324 e. The highest BCUT2D eigenvalue weighted by molar-refractivity contribution is 6.16. The number of hydrogen-bond donors (Lipinski definition) is 1. The zero-order valence-electron chi connectivity index (χ0n) is 21.0. The van der Waals surface area contributed by atoms with Gasteiger partial charge in [-0.3, -0.25) is 0 Å². The quantitative estimate of drug-likeness (QED) is 0.279. The van der Waals surface area contributed by atoms with Crippen LogP contribution < -0.4 is 5.32 Å². The van der Waals surface area contributed by atoms with Gasteiger partial charge in [0.05, 0.1) is 22.7 Å². The van der Waals surface area contributed by atoms with Crippen molar-refractivity contribution in [2.45, 2.75) is 6.17 Å². The average Bonchev–Trinajstić information content (AvgIpc) is 3.36. The van der Waals surface area contributed by atoms with Gasteiger partial charge in [-0.15, -0.1) is 0 Å². The number of nitrogens with zero attached hydrogens (tertiary/aromatic N) is 4. The number of aliphatic imine (C=N–C) groups is 2. The van der Waals surface area contributed by atoms with Gasteiger partial charge in [0.2, 0.25) is 0 Å². The summed E-state index contributed by atoms with van der Waals surface area (Å²) in [5, 5.41) is 15.4. The third-order valence-corrected chi connectivity index (χ3v) is 7.08. The van der Waals surface area contributed by atoms with E-state index < -0.39 is 6.17 Å². The molecule has 0 bridgehead atoms. The molecule has 1 aliphatic rings. The lowest BCUT2D eigenvalue weighted by atomic mass is 10.1. The van der Waals surface area contributed by atoms with E-state index in [0.717, 1.165) is 34.0 Å². The molecule has 1 N–H and O–H groups in total. The normalized spacial score (nSPS) is 14.9. The Morgan fingerprint density at radius 1 is 0.615 bits per heavy atom. The fraction of sp³-hybridized carbons (Fsp3) is 0.0294. The van der Waals surface area contributed by atoms with Crippen molar-refractivity contribution in [2.75, 3.05) is 0 Å². The number of hydrogen-bond acceptors (Lipinski definition) is 4. The molecule has 1 unspecified atom stereocenters. The summed E-state index contributed by atoms with van der Waals surface area (Å²) in [5.74, 6) is 1.49. The molecule has 5 nitrogen and oxygen atoms in total. The number of fused-ring (bicyclic) bond motifs is 3. The van der Waals surface area contributed by atoms with Gasteiger partial charge in [-0.05, 0) is 54.1 Å². The van der Waals surface area contributed by atoms with Gasteiger partial charge < -0.3 is 9.88 Å². The first-order chi connectivity index (χ1) is 19.3. The van der Waals surface area contributed by atoms with Crippen LogP contribution in [0.4, 0.5) is 0 Å². The van der Waals surface area contributed by atoms with Crippen LogP contribution in [0.2, 0.25) is 0 Å². The van der Waals surface area contributed by atoms with Crippen molar-refractivity contribution in [1.82, 2.24) is 9.88 Å². The maximum atomic E-state index is 9.42. The Labute approximate surface area is 226 Å². The smallest absolute Gasteiger partial charge is 0.169 e. The number of rotatable bonds is 4. The summed E-state index contributed by atoms with van der Waals surface area (Å²) < 4.78 is 2.30. The van der Waals surface area contributed by atoms with Crippen LogP contribution in [-0.2, 0) is 0 Å².